The van der Waals surface area contributed by atoms with Crippen molar-refractivity contribution < 1.29 is 29.5 Å². The summed E-state index contributed by atoms with van der Waals surface area (Å²) in [5.41, 5.74) is -0.519. The van der Waals surface area contributed by atoms with E-state index < -0.39 is 35.2 Å². The zero-order valence-electron chi connectivity index (χ0n) is 10.3. The molecule has 0 aliphatic carbocycles. The normalized spacial score (nSPS) is 11.5. The van der Waals surface area contributed by atoms with Gasteiger partial charge in [0.15, 0.2) is 0 Å². The maximum Gasteiger partial charge on any atom is 0.326 e. The molecule has 1 aromatic rings. The number of halogens is 1. The molecule has 1 atom stereocenters. The summed E-state index contributed by atoms with van der Waals surface area (Å²) in [6.45, 7) is 0. The van der Waals surface area contributed by atoms with E-state index in [1.54, 1.807) is 0 Å². The summed E-state index contributed by atoms with van der Waals surface area (Å²) in [5, 5.41) is 30.1. The third kappa shape index (κ3) is 4.53. The highest BCUT2D eigenvalue weighted by Gasteiger charge is 2.24. The number of rotatable bonds is 6. The molecule has 0 bridgehead atoms. The minimum atomic E-state index is -1.63. The minimum Gasteiger partial charge on any atom is -0.481 e. The maximum atomic E-state index is 11.8. The van der Waals surface area contributed by atoms with E-state index in [2.05, 4.69) is 15.9 Å². The standard InChI is InChI=1S/C11H9BrN2O7/c12-6-2-1-5(3-8(6)14(20)21)10(17)13-7(11(18)19)4-9(15)16/h1-3,7H,4H2,(H,13,17)(H,15,16)(H,18,19)/t7-/m0/s1. The molecular weight excluding hydrogens is 352 g/mol. The van der Waals surface area contributed by atoms with Gasteiger partial charge in [-0.2, -0.15) is 0 Å². The van der Waals surface area contributed by atoms with E-state index in [1.807, 2.05) is 5.32 Å². The largest absolute Gasteiger partial charge is 0.481 e. The number of carboxylic acids is 2. The Morgan fingerprint density at radius 2 is 1.95 bits per heavy atom. The highest BCUT2D eigenvalue weighted by atomic mass is 79.9. The summed E-state index contributed by atoms with van der Waals surface area (Å²) in [7, 11) is 0. The van der Waals surface area contributed by atoms with Crippen LogP contribution in [0.5, 0.6) is 0 Å². The molecule has 0 aliphatic rings. The summed E-state index contributed by atoms with van der Waals surface area (Å²) in [6, 6.07) is 1.84. The minimum absolute atomic E-state index is 0.151. The quantitative estimate of drug-likeness (QED) is 0.506. The predicted octanol–water partition coefficient (Wildman–Crippen LogP) is 1.01. The fraction of sp³-hybridized carbons (Fsp3) is 0.182. The van der Waals surface area contributed by atoms with Crippen LogP contribution in [-0.2, 0) is 9.59 Å². The molecule has 9 nitrogen and oxygen atoms in total. The van der Waals surface area contributed by atoms with Crippen molar-refractivity contribution in [2.24, 2.45) is 0 Å². The van der Waals surface area contributed by atoms with Crippen molar-refractivity contribution in [2.75, 3.05) is 0 Å². The Morgan fingerprint density at radius 1 is 1.33 bits per heavy atom. The number of hydrogen-bond donors (Lipinski definition) is 3. The van der Waals surface area contributed by atoms with Gasteiger partial charge in [-0.25, -0.2) is 4.79 Å². The second kappa shape index (κ2) is 6.79. The molecule has 0 heterocycles. The molecule has 0 saturated carbocycles. The van der Waals surface area contributed by atoms with Gasteiger partial charge in [-0.15, -0.1) is 0 Å². The lowest BCUT2D eigenvalue weighted by atomic mass is 10.1. The number of benzene rings is 1. The maximum absolute atomic E-state index is 11.8. The first kappa shape index (κ1) is 16.6. The van der Waals surface area contributed by atoms with E-state index in [-0.39, 0.29) is 15.7 Å². The number of carboxylic acid groups (broad SMARTS) is 2. The van der Waals surface area contributed by atoms with E-state index in [0.29, 0.717) is 0 Å². The lowest BCUT2D eigenvalue weighted by molar-refractivity contribution is -0.385. The number of amides is 1. The number of hydrogen-bond acceptors (Lipinski definition) is 5. The zero-order valence-corrected chi connectivity index (χ0v) is 11.9. The molecular formula is C11H9BrN2O7. The van der Waals surface area contributed by atoms with Crippen LogP contribution in [0.3, 0.4) is 0 Å². The molecule has 21 heavy (non-hydrogen) atoms. The molecule has 0 aliphatic heterocycles. The molecule has 112 valence electrons. The zero-order chi connectivity index (χ0) is 16.2. The lowest BCUT2D eigenvalue weighted by Crippen LogP contribution is -2.42. The number of nitrogens with one attached hydrogen (secondary N) is 1. The third-order valence-electron chi connectivity index (χ3n) is 2.39. The molecule has 0 fully saturated rings. The van der Waals surface area contributed by atoms with Crippen molar-refractivity contribution in [2.45, 2.75) is 12.5 Å². The van der Waals surface area contributed by atoms with Gasteiger partial charge in [-0.1, -0.05) is 0 Å². The van der Waals surface area contributed by atoms with Crippen molar-refractivity contribution in [3.05, 3.63) is 38.3 Å². The van der Waals surface area contributed by atoms with Gasteiger partial charge in [-0.05, 0) is 28.1 Å². The van der Waals surface area contributed by atoms with Crippen molar-refractivity contribution >= 4 is 39.5 Å². The molecule has 3 N–H and O–H groups in total. The molecule has 10 heteroatoms. The third-order valence-corrected chi connectivity index (χ3v) is 3.06. The summed E-state index contributed by atoms with van der Waals surface area (Å²) in [5.74, 6) is -3.83. The molecule has 1 rings (SSSR count). The van der Waals surface area contributed by atoms with Crippen LogP contribution >= 0.6 is 15.9 Å². The molecule has 0 aromatic heterocycles. The molecule has 0 radical (unpaired) electrons. The Labute approximate surface area is 125 Å². The predicted molar refractivity (Wildman–Crippen MR) is 71.9 cm³/mol. The van der Waals surface area contributed by atoms with Gasteiger partial charge >= 0.3 is 11.9 Å². The van der Waals surface area contributed by atoms with Crippen LogP contribution in [0.25, 0.3) is 0 Å². The number of nitro groups is 1. The van der Waals surface area contributed by atoms with Crippen LogP contribution < -0.4 is 5.32 Å². The number of carbonyl (C=O) groups excluding carboxylic acids is 1. The summed E-state index contributed by atoms with van der Waals surface area (Å²) < 4.78 is 0.157. The second-order valence-electron chi connectivity index (χ2n) is 3.89. The van der Waals surface area contributed by atoms with Crippen LogP contribution in [0.1, 0.15) is 16.8 Å². The molecule has 1 aromatic carbocycles. The van der Waals surface area contributed by atoms with Crippen molar-refractivity contribution in [1.82, 2.24) is 5.32 Å². The molecule has 1 amide bonds. The lowest BCUT2D eigenvalue weighted by Gasteiger charge is -2.12. The van der Waals surface area contributed by atoms with Gasteiger partial charge in [0.1, 0.15) is 6.04 Å². The van der Waals surface area contributed by atoms with E-state index >= 15 is 0 Å². The Hall–Kier alpha value is -2.49. The highest BCUT2D eigenvalue weighted by molar-refractivity contribution is 9.10. The van der Waals surface area contributed by atoms with Crippen LogP contribution in [0.4, 0.5) is 5.69 Å². The fourth-order valence-corrected chi connectivity index (χ4v) is 1.80. The van der Waals surface area contributed by atoms with Gasteiger partial charge in [0.25, 0.3) is 11.6 Å². The Kier molecular flexibility index (Phi) is 5.36. The van der Waals surface area contributed by atoms with Gasteiger partial charge in [-0.3, -0.25) is 19.7 Å². The molecule has 0 unspecified atom stereocenters. The summed E-state index contributed by atoms with van der Waals surface area (Å²) >= 11 is 2.94. The van der Waals surface area contributed by atoms with Crippen LogP contribution in [0.15, 0.2) is 22.7 Å². The van der Waals surface area contributed by atoms with Crippen molar-refractivity contribution in [3.63, 3.8) is 0 Å². The summed E-state index contributed by atoms with van der Waals surface area (Å²) in [4.78, 5) is 43.2. The molecule has 0 saturated heterocycles. The van der Waals surface area contributed by atoms with E-state index in [4.69, 9.17) is 10.2 Å². The van der Waals surface area contributed by atoms with E-state index in [1.165, 1.54) is 12.1 Å². The highest BCUT2D eigenvalue weighted by Crippen LogP contribution is 2.25. The second-order valence-corrected chi connectivity index (χ2v) is 4.74. The average molecular weight is 361 g/mol. The number of nitro benzene ring substituents is 1. The Bertz CT molecular complexity index is 617. The Balaban J connectivity index is 2.97. The topological polar surface area (TPSA) is 147 Å². The number of carbonyl (C=O) groups is 3. The van der Waals surface area contributed by atoms with Gasteiger partial charge < -0.3 is 15.5 Å². The van der Waals surface area contributed by atoms with E-state index in [0.717, 1.165) is 6.07 Å². The molecule has 0 spiro atoms. The van der Waals surface area contributed by atoms with Crippen LogP contribution in [0.2, 0.25) is 0 Å². The first-order chi connectivity index (χ1) is 9.72. The van der Waals surface area contributed by atoms with Crippen LogP contribution in [0, 0.1) is 10.1 Å². The smallest absolute Gasteiger partial charge is 0.326 e. The average Bonchev–Trinajstić information content (AvgIpc) is 2.37. The SMILES string of the molecule is O=C(O)C[C@H](NC(=O)c1ccc(Br)c([N+](=O)[O-])c1)C(=O)O. The summed E-state index contributed by atoms with van der Waals surface area (Å²) in [6.07, 6.45) is -0.806. The first-order valence-corrected chi connectivity index (χ1v) is 6.21. The van der Waals surface area contributed by atoms with Crippen molar-refractivity contribution in [1.29, 1.82) is 0 Å². The van der Waals surface area contributed by atoms with Gasteiger partial charge in [0.05, 0.1) is 15.8 Å². The Morgan fingerprint density at radius 3 is 2.43 bits per heavy atom. The monoisotopic (exact) mass is 360 g/mol. The van der Waals surface area contributed by atoms with Crippen LogP contribution in [-0.4, -0.2) is 39.0 Å². The van der Waals surface area contributed by atoms with Gasteiger partial charge in [0, 0.05) is 11.6 Å². The number of aliphatic carboxylic acids is 2. The van der Waals surface area contributed by atoms with E-state index in [9.17, 15) is 24.5 Å². The van der Waals surface area contributed by atoms with Crippen molar-refractivity contribution in [3.8, 4) is 0 Å². The number of nitrogens with zero attached hydrogens (tertiary/aromatic N) is 1. The van der Waals surface area contributed by atoms with Gasteiger partial charge in [0.2, 0.25) is 0 Å². The fourth-order valence-electron chi connectivity index (χ4n) is 1.41. The first-order valence-electron chi connectivity index (χ1n) is 5.41.